The molecule has 5 rings (SSSR count). The lowest BCUT2D eigenvalue weighted by Gasteiger charge is -2.55. The number of hydrogen-bond donors (Lipinski definition) is 1. The molecule has 4 saturated carbocycles. The Morgan fingerprint density at radius 3 is 1.89 bits per heavy atom. The summed E-state index contributed by atoms with van der Waals surface area (Å²) in [4.78, 5) is 26.0. The van der Waals surface area contributed by atoms with Crippen LogP contribution in [0.3, 0.4) is 0 Å². The van der Waals surface area contributed by atoms with Gasteiger partial charge in [-0.1, -0.05) is 6.07 Å². The highest BCUT2D eigenvalue weighted by atomic mass is 32.2. The average molecular weight is 558 g/mol. The van der Waals surface area contributed by atoms with Crippen molar-refractivity contribution in [2.45, 2.75) is 63.4 Å². The number of halogens is 6. The molecule has 0 heterocycles. The Bertz CT molecular complexity index is 1160. The van der Waals surface area contributed by atoms with Crippen LogP contribution in [0.15, 0.2) is 18.2 Å². The molecule has 4 bridgehead atoms. The fraction of sp³-hybridized carbons (Fsp3) is 0.652. The van der Waals surface area contributed by atoms with Crippen molar-refractivity contribution in [2.24, 2.45) is 23.2 Å². The van der Waals surface area contributed by atoms with Crippen LogP contribution in [0.4, 0.5) is 26.3 Å². The zero-order valence-corrected chi connectivity index (χ0v) is 20.3. The third kappa shape index (κ3) is 5.18. The van der Waals surface area contributed by atoms with E-state index in [1.165, 1.54) is 13.0 Å². The van der Waals surface area contributed by atoms with Crippen LogP contribution < -0.4 is 4.74 Å². The topological polar surface area (TPSA) is 107 Å². The van der Waals surface area contributed by atoms with Crippen molar-refractivity contribution in [1.82, 2.24) is 0 Å². The van der Waals surface area contributed by atoms with Gasteiger partial charge in [0.1, 0.15) is 17.1 Å². The smallest absolute Gasteiger partial charge is 0.434 e. The largest absolute Gasteiger partial charge is 0.438 e. The van der Waals surface area contributed by atoms with Crippen molar-refractivity contribution in [3.05, 3.63) is 29.3 Å². The van der Waals surface area contributed by atoms with Gasteiger partial charge in [0, 0.05) is 0 Å². The molecule has 0 aromatic heterocycles. The first-order chi connectivity index (χ1) is 16.8. The highest BCUT2D eigenvalue weighted by Crippen LogP contribution is 2.60. The van der Waals surface area contributed by atoms with Crippen molar-refractivity contribution >= 4 is 22.1 Å². The van der Waals surface area contributed by atoms with Gasteiger partial charge >= 0.3 is 29.9 Å². The van der Waals surface area contributed by atoms with Gasteiger partial charge in [-0.3, -0.25) is 9.35 Å². The number of aryl methyl sites for hydroxylation is 1. The van der Waals surface area contributed by atoms with Gasteiger partial charge in [0.25, 0.3) is 10.1 Å². The summed E-state index contributed by atoms with van der Waals surface area (Å²) in [5, 5.41) is 0. The first kappa shape index (κ1) is 27.7. The molecule has 37 heavy (non-hydrogen) atoms. The molecule has 1 aromatic rings. The van der Waals surface area contributed by atoms with Crippen molar-refractivity contribution in [3.63, 3.8) is 0 Å². The lowest BCUT2D eigenvalue weighted by Crippen LogP contribution is -2.63. The highest BCUT2D eigenvalue weighted by molar-refractivity contribution is 7.85. The second-order valence-electron chi connectivity index (χ2n) is 10.5. The summed E-state index contributed by atoms with van der Waals surface area (Å²) in [5.74, 6) is -5.60. The monoisotopic (exact) mass is 558 g/mol. The van der Waals surface area contributed by atoms with Gasteiger partial charge in [0.05, 0.1) is 5.41 Å². The third-order valence-electron chi connectivity index (χ3n) is 7.60. The van der Waals surface area contributed by atoms with Gasteiger partial charge in [-0.2, -0.15) is 34.8 Å². The van der Waals surface area contributed by atoms with E-state index in [1.54, 1.807) is 0 Å². The van der Waals surface area contributed by atoms with E-state index in [2.05, 4.69) is 4.74 Å². The molecule has 0 spiro atoms. The second-order valence-corrected chi connectivity index (χ2v) is 12.0. The number of hydrogen-bond acceptors (Lipinski definition) is 6. The van der Waals surface area contributed by atoms with Crippen LogP contribution in [0, 0.1) is 30.1 Å². The number of esters is 2. The van der Waals surface area contributed by atoms with Gasteiger partial charge in [-0.15, -0.1) is 0 Å². The minimum atomic E-state index is -6.47. The minimum absolute atomic E-state index is 0.320. The predicted molar refractivity (Wildman–Crippen MR) is 114 cm³/mol. The molecular weight excluding hydrogens is 534 g/mol. The van der Waals surface area contributed by atoms with E-state index in [4.69, 9.17) is 9.29 Å². The highest BCUT2D eigenvalue weighted by Gasteiger charge is 2.76. The Morgan fingerprint density at radius 1 is 0.973 bits per heavy atom. The first-order valence-electron chi connectivity index (χ1n) is 11.5. The molecule has 0 unspecified atom stereocenters. The molecule has 1 N–H and O–H groups in total. The molecule has 0 saturated heterocycles. The maximum absolute atomic E-state index is 13.6. The van der Waals surface area contributed by atoms with Crippen LogP contribution in [0.5, 0.6) is 5.75 Å². The zero-order chi connectivity index (χ0) is 27.6. The van der Waals surface area contributed by atoms with E-state index in [-0.39, 0.29) is 0 Å². The number of benzene rings is 1. The van der Waals surface area contributed by atoms with Crippen LogP contribution in [-0.4, -0.2) is 48.6 Å². The maximum atomic E-state index is 13.6. The van der Waals surface area contributed by atoms with Crippen LogP contribution >= 0.6 is 0 Å². The summed E-state index contributed by atoms with van der Waals surface area (Å²) < 4.78 is 122. The fourth-order valence-corrected chi connectivity index (χ4v) is 7.29. The molecule has 0 aliphatic heterocycles. The Labute approximate surface area is 208 Å². The van der Waals surface area contributed by atoms with Crippen LogP contribution in [0.1, 0.15) is 54.4 Å². The van der Waals surface area contributed by atoms with Crippen molar-refractivity contribution in [3.8, 4) is 5.75 Å². The first-order valence-corrected chi connectivity index (χ1v) is 13.1. The van der Waals surface area contributed by atoms with E-state index >= 15 is 0 Å². The molecule has 4 aliphatic rings. The second kappa shape index (κ2) is 8.85. The molecule has 14 heteroatoms. The Balaban J connectivity index is 1.67. The van der Waals surface area contributed by atoms with E-state index < -0.39 is 62.5 Å². The van der Waals surface area contributed by atoms with E-state index in [0.29, 0.717) is 42.6 Å². The average Bonchev–Trinajstić information content (AvgIpc) is 2.69. The SMILES string of the molecule is Cc1ccc(C(=O)OC(CS(=O)(=O)O)(C(F)(F)F)C(F)(F)F)c(OC(=O)C23CC4CC(CC(C4)C2)C3)c1. The molecular formula is C23H24F6O7S. The summed E-state index contributed by atoms with van der Waals surface area (Å²) in [5.41, 5.74) is -6.99. The number of rotatable bonds is 6. The minimum Gasteiger partial charge on any atom is -0.434 e. The maximum Gasteiger partial charge on any atom is 0.438 e. The summed E-state index contributed by atoms with van der Waals surface area (Å²) in [6.45, 7) is 1.49. The van der Waals surface area contributed by atoms with E-state index in [0.717, 1.165) is 31.4 Å². The molecule has 7 nitrogen and oxygen atoms in total. The number of carbonyl (C=O) groups excluding carboxylic acids is 2. The molecule has 0 radical (unpaired) electrons. The molecule has 206 valence electrons. The van der Waals surface area contributed by atoms with Crippen molar-refractivity contribution < 1.29 is 58.4 Å². The van der Waals surface area contributed by atoms with Crippen molar-refractivity contribution in [1.29, 1.82) is 0 Å². The molecule has 1 aromatic carbocycles. The van der Waals surface area contributed by atoms with Gasteiger partial charge in [-0.25, -0.2) is 4.79 Å². The molecule has 4 fully saturated rings. The Morgan fingerprint density at radius 2 is 1.46 bits per heavy atom. The molecule has 0 atom stereocenters. The van der Waals surface area contributed by atoms with E-state index in [1.807, 2.05) is 0 Å². The summed E-state index contributed by atoms with van der Waals surface area (Å²) in [7, 11) is -5.94. The fourth-order valence-electron chi connectivity index (χ4n) is 6.39. The van der Waals surface area contributed by atoms with Crippen molar-refractivity contribution in [2.75, 3.05) is 5.75 Å². The lowest BCUT2D eigenvalue weighted by molar-refractivity contribution is -0.356. The Hall–Kier alpha value is -2.35. The zero-order valence-electron chi connectivity index (χ0n) is 19.5. The van der Waals surface area contributed by atoms with Crippen LogP contribution in [0.2, 0.25) is 0 Å². The van der Waals surface area contributed by atoms with Gasteiger partial charge in [-0.05, 0) is 80.9 Å². The summed E-state index contributed by atoms with van der Waals surface area (Å²) in [6, 6.07) is 3.09. The van der Waals surface area contributed by atoms with Crippen LogP contribution in [-0.2, 0) is 19.6 Å². The summed E-state index contributed by atoms with van der Waals surface area (Å²) >= 11 is 0. The number of alkyl halides is 6. The third-order valence-corrected chi connectivity index (χ3v) is 8.37. The Kier molecular flexibility index (Phi) is 6.62. The predicted octanol–water partition coefficient (Wildman–Crippen LogP) is 5.02. The van der Waals surface area contributed by atoms with Crippen LogP contribution in [0.25, 0.3) is 0 Å². The quantitative estimate of drug-likeness (QED) is 0.226. The van der Waals surface area contributed by atoms with E-state index in [9.17, 15) is 44.3 Å². The standard InChI is InChI=1S/C23H24F6O7S/c1-12-2-3-16(18(30)36-21(22(24,25)26,23(27,28)29)11-37(32,33)34)17(4-12)35-19(31)20-8-13-5-14(9-20)7-15(6-13)10-20/h2-4,13-15H,5-11H2,1H3,(H,32,33,34). The van der Waals surface area contributed by atoms with Gasteiger partial charge in [0.2, 0.25) is 0 Å². The normalized spacial score (nSPS) is 27.7. The number of carbonyl (C=O) groups is 2. The molecule has 0 amide bonds. The number of ether oxygens (including phenoxy) is 2. The molecule has 4 aliphatic carbocycles. The summed E-state index contributed by atoms with van der Waals surface area (Å²) in [6.07, 6.45) is -8.36. The van der Waals surface area contributed by atoms with Gasteiger partial charge in [0.15, 0.2) is 0 Å². The van der Waals surface area contributed by atoms with Gasteiger partial charge < -0.3 is 9.47 Å². The lowest BCUT2D eigenvalue weighted by atomic mass is 9.49.